The molecule has 5 heteroatoms. The van der Waals surface area contributed by atoms with Crippen LogP contribution >= 0.6 is 11.3 Å². The third-order valence-corrected chi connectivity index (χ3v) is 4.60. The summed E-state index contributed by atoms with van der Waals surface area (Å²) in [7, 11) is 0. The smallest absolute Gasteiger partial charge is 0.308 e. The number of hydrogen-bond acceptors (Lipinski definition) is 3. The fraction of sp³-hybridized carbons (Fsp3) is 0.500. The van der Waals surface area contributed by atoms with Gasteiger partial charge in [0.2, 0.25) is 0 Å². The van der Waals surface area contributed by atoms with E-state index in [0.29, 0.717) is 0 Å². The molecule has 4 nitrogen and oxygen atoms in total. The van der Waals surface area contributed by atoms with Crippen molar-refractivity contribution in [1.82, 2.24) is 9.78 Å². The van der Waals surface area contributed by atoms with Gasteiger partial charge in [-0.05, 0) is 31.2 Å². The van der Waals surface area contributed by atoms with Gasteiger partial charge in [-0.15, -0.1) is 11.3 Å². The van der Waals surface area contributed by atoms with E-state index in [1.54, 1.807) is 11.3 Å². The standard InChI is InChI=1S/C12H14N2O2S/c1-7-11-10(5-6-17-11)14(13-7)9-4-2-3-8(9)12(15)16/h5-6,8-9H,2-4H2,1H3,(H,15,16). The fourth-order valence-corrected chi connectivity index (χ4v) is 3.62. The van der Waals surface area contributed by atoms with Gasteiger partial charge in [0.15, 0.2) is 0 Å². The van der Waals surface area contributed by atoms with Crippen LogP contribution in [-0.4, -0.2) is 20.9 Å². The number of aryl methyl sites for hydroxylation is 1. The third kappa shape index (κ3) is 1.57. The van der Waals surface area contributed by atoms with Crippen LogP contribution in [0, 0.1) is 12.8 Å². The summed E-state index contributed by atoms with van der Waals surface area (Å²) in [5.74, 6) is -0.971. The van der Waals surface area contributed by atoms with Crippen LogP contribution in [0.25, 0.3) is 10.2 Å². The van der Waals surface area contributed by atoms with E-state index in [9.17, 15) is 9.90 Å². The van der Waals surface area contributed by atoms with Crippen LogP contribution in [0.2, 0.25) is 0 Å². The Kier molecular flexibility index (Phi) is 2.43. The Labute approximate surface area is 103 Å². The summed E-state index contributed by atoms with van der Waals surface area (Å²) in [5.41, 5.74) is 2.09. The summed E-state index contributed by atoms with van der Waals surface area (Å²) in [6.45, 7) is 1.99. The van der Waals surface area contributed by atoms with E-state index in [1.807, 2.05) is 23.1 Å². The molecule has 90 valence electrons. The first-order chi connectivity index (χ1) is 8.18. The van der Waals surface area contributed by atoms with Gasteiger partial charge in [0.05, 0.1) is 27.9 Å². The summed E-state index contributed by atoms with van der Waals surface area (Å²) < 4.78 is 3.12. The third-order valence-electron chi connectivity index (χ3n) is 3.59. The molecule has 2 unspecified atom stereocenters. The Balaban J connectivity index is 2.08. The number of carboxylic acid groups (broad SMARTS) is 1. The van der Waals surface area contributed by atoms with Gasteiger partial charge >= 0.3 is 5.97 Å². The summed E-state index contributed by atoms with van der Waals surface area (Å²) >= 11 is 1.67. The zero-order valence-corrected chi connectivity index (χ0v) is 10.4. The minimum atomic E-state index is -0.691. The molecule has 0 saturated heterocycles. The lowest BCUT2D eigenvalue weighted by Gasteiger charge is -2.16. The van der Waals surface area contributed by atoms with Crippen molar-refractivity contribution in [2.45, 2.75) is 32.2 Å². The average molecular weight is 250 g/mol. The number of hydrogen-bond donors (Lipinski definition) is 1. The van der Waals surface area contributed by atoms with Crippen molar-refractivity contribution < 1.29 is 9.90 Å². The minimum absolute atomic E-state index is 0.0262. The van der Waals surface area contributed by atoms with Crippen molar-refractivity contribution in [2.75, 3.05) is 0 Å². The predicted octanol–water partition coefficient (Wildman–Crippen LogP) is 2.83. The first-order valence-electron chi connectivity index (χ1n) is 5.83. The molecule has 2 aromatic rings. The minimum Gasteiger partial charge on any atom is -0.481 e. The maximum atomic E-state index is 11.2. The van der Waals surface area contributed by atoms with E-state index < -0.39 is 5.97 Å². The van der Waals surface area contributed by atoms with Crippen LogP contribution in [0.4, 0.5) is 0 Å². The van der Waals surface area contributed by atoms with Gasteiger partial charge in [-0.25, -0.2) is 0 Å². The molecule has 0 spiro atoms. The van der Waals surface area contributed by atoms with Gasteiger partial charge in [0.1, 0.15) is 0 Å². The van der Waals surface area contributed by atoms with Crippen LogP contribution in [0.1, 0.15) is 31.0 Å². The summed E-state index contributed by atoms with van der Waals surface area (Å²) in [6.07, 6.45) is 2.67. The zero-order chi connectivity index (χ0) is 12.0. The molecule has 2 atom stereocenters. The Morgan fingerprint density at radius 2 is 2.41 bits per heavy atom. The quantitative estimate of drug-likeness (QED) is 0.891. The molecule has 1 aliphatic rings. The van der Waals surface area contributed by atoms with E-state index in [1.165, 1.54) is 4.70 Å². The second kappa shape index (κ2) is 3.84. The van der Waals surface area contributed by atoms with Crippen molar-refractivity contribution >= 4 is 27.5 Å². The average Bonchev–Trinajstić information content (AvgIpc) is 2.95. The molecule has 0 bridgehead atoms. The molecule has 2 aromatic heterocycles. The topological polar surface area (TPSA) is 55.1 Å². The van der Waals surface area contributed by atoms with E-state index >= 15 is 0 Å². The first-order valence-corrected chi connectivity index (χ1v) is 6.71. The van der Waals surface area contributed by atoms with Crippen LogP contribution in [0.3, 0.4) is 0 Å². The number of carbonyl (C=O) groups is 1. The molecule has 17 heavy (non-hydrogen) atoms. The van der Waals surface area contributed by atoms with Gasteiger partial charge in [-0.3, -0.25) is 9.48 Å². The SMILES string of the molecule is Cc1nn(C2CCCC2C(=O)O)c2ccsc12. The molecule has 1 fully saturated rings. The monoisotopic (exact) mass is 250 g/mol. The van der Waals surface area contributed by atoms with Crippen molar-refractivity contribution in [2.24, 2.45) is 5.92 Å². The lowest BCUT2D eigenvalue weighted by Crippen LogP contribution is -2.22. The largest absolute Gasteiger partial charge is 0.481 e. The number of fused-ring (bicyclic) bond motifs is 1. The van der Waals surface area contributed by atoms with Crippen molar-refractivity contribution in [3.8, 4) is 0 Å². The number of thiophene rings is 1. The molecule has 1 N–H and O–H groups in total. The van der Waals surface area contributed by atoms with Gasteiger partial charge in [-0.1, -0.05) is 6.42 Å². The Bertz CT molecular complexity index is 572. The van der Waals surface area contributed by atoms with Gasteiger partial charge in [0, 0.05) is 0 Å². The summed E-state index contributed by atoms with van der Waals surface area (Å²) in [5, 5.41) is 15.8. The molecular formula is C12H14N2O2S. The number of rotatable bonds is 2. The fourth-order valence-electron chi connectivity index (χ4n) is 2.79. The van der Waals surface area contributed by atoms with Crippen molar-refractivity contribution in [3.05, 3.63) is 17.1 Å². The number of carboxylic acids is 1. The second-order valence-corrected chi connectivity index (χ2v) is 5.52. The first kappa shape index (κ1) is 10.8. The molecule has 0 amide bonds. The highest BCUT2D eigenvalue weighted by Crippen LogP contribution is 2.38. The molecule has 1 saturated carbocycles. The van der Waals surface area contributed by atoms with E-state index in [0.717, 1.165) is 30.5 Å². The summed E-state index contributed by atoms with van der Waals surface area (Å²) in [4.78, 5) is 11.2. The highest BCUT2D eigenvalue weighted by Gasteiger charge is 2.35. The normalized spacial score (nSPS) is 24.5. The molecule has 1 aliphatic carbocycles. The van der Waals surface area contributed by atoms with E-state index in [2.05, 4.69) is 5.10 Å². The molecule has 2 heterocycles. The van der Waals surface area contributed by atoms with Crippen LogP contribution in [-0.2, 0) is 4.79 Å². The number of nitrogens with zero attached hydrogens (tertiary/aromatic N) is 2. The molecule has 3 rings (SSSR count). The van der Waals surface area contributed by atoms with E-state index in [-0.39, 0.29) is 12.0 Å². The second-order valence-electron chi connectivity index (χ2n) is 4.61. The Hall–Kier alpha value is -1.36. The molecule has 0 aromatic carbocycles. The number of aromatic nitrogens is 2. The summed E-state index contributed by atoms with van der Waals surface area (Å²) in [6, 6.07) is 2.07. The maximum Gasteiger partial charge on any atom is 0.308 e. The maximum absolute atomic E-state index is 11.2. The van der Waals surface area contributed by atoms with Crippen LogP contribution in [0.5, 0.6) is 0 Å². The zero-order valence-electron chi connectivity index (χ0n) is 9.59. The van der Waals surface area contributed by atoms with Gasteiger partial charge in [-0.2, -0.15) is 5.10 Å². The molecular weight excluding hydrogens is 236 g/mol. The lowest BCUT2D eigenvalue weighted by atomic mass is 10.0. The highest BCUT2D eigenvalue weighted by molar-refractivity contribution is 7.17. The molecule has 0 aliphatic heterocycles. The Morgan fingerprint density at radius 1 is 1.59 bits per heavy atom. The van der Waals surface area contributed by atoms with Crippen LogP contribution in [0.15, 0.2) is 11.4 Å². The number of aliphatic carboxylic acids is 1. The lowest BCUT2D eigenvalue weighted by molar-refractivity contribution is -0.142. The van der Waals surface area contributed by atoms with Crippen molar-refractivity contribution in [3.63, 3.8) is 0 Å². The predicted molar refractivity (Wildman–Crippen MR) is 66.4 cm³/mol. The van der Waals surface area contributed by atoms with Crippen molar-refractivity contribution in [1.29, 1.82) is 0 Å². The highest BCUT2D eigenvalue weighted by atomic mass is 32.1. The van der Waals surface area contributed by atoms with Crippen LogP contribution < -0.4 is 0 Å². The molecule has 0 radical (unpaired) electrons. The Morgan fingerprint density at radius 3 is 3.18 bits per heavy atom. The van der Waals surface area contributed by atoms with Gasteiger partial charge < -0.3 is 5.11 Å². The van der Waals surface area contributed by atoms with E-state index in [4.69, 9.17) is 0 Å². The van der Waals surface area contributed by atoms with Gasteiger partial charge in [0.25, 0.3) is 0 Å².